The van der Waals surface area contributed by atoms with Crippen LogP contribution in [-0.4, -0.2) is 4.98 Å². The van der Waals surface area contributed by atoms with E-state index < -0.39 is 0 Å². The van der Waals surface area contributed by atoms with Crippen LogP contribution in [0.3, 0.4) is 0 Å². The van der Waals surface area contributed by atoms with Gasteiger partial charge in [0.1, 0.15) is 0 Å². The number of rotatable bonds is 2. The number of thiazole rings is 1. The first-order valence-corrected chi connectivity index (χ1v) is 4.02. The Hall–Kier alpha value is -0.610. The van der Waals surface area contributed by atoms with Gasteiger partial charge in [0.2, 0.25) is 0 Å². The molecule has 0 radical (unpaired) electrons. The Morgan fingerprint density at radius 3 is 2.70 bits per heavy atom. The fraction of sp³-hybridized carbons (Fsp3) is 0.500. The predicted molar refractivity (Wildman–Crippen MR) is 44.0 cm³/mol. The fourth-order valence-corrected chi connectivity index (χ4v) is 1.63. The smallest absolute Gasteiger partial charge is 0.197 e. The number of nitrogen functional groups attached to an aromatic ring is 1. The molecule has 3 nitrogen and oxygen atoms in total. The summed E-state index contributed by atoms with van der Waals surface area (Å²) in [7, 11) is 0. The Balaban J connectivity index is 2.92. The number of hydrogen-bond donors (Lipinski definition) is 2. The molecule has 0 spiro atoms. The SMILES string of the molecule is CCc1sc(NN)nc1C. The molecule has 0 saturated carbocycles. The summed E-state index contributed by atoms with van der Waals surface area (Å²) >= 11 is 1.61. The van der Waals surface area contributed by atoms with Crippen LogP contribution in [0.5, 0.6) is 0 Å². The number of nitrogens with one attached hydrogen (secondary N) is 1. The second-order valence-electron chi connectivity index (χ2n) is 2.03. The quantitative estimate of drug-likeness (QED) is 0.502. The third-order valence-corrected chi connectivity index (χ3v) is 2.57. The molecule has 0 aromatic carbocycles. The minimum absolute atomic E-state index is 0.800. The van der Waals surface area contributed by atoms with Gasteiger partial charge in [-0.3, -0.25) is 5.43 Å². The summed E-state index contributed by atoms with van der Waals surface area (Å²) in [6.07, 6.45) is 1.03. The Morgan fingerprint density at radius 2 is 2.40 bits per heavy atom. The molecule has 10 heavy (non-hydrogen) atoms. The van der Waals surface area contributed by atoms with E-state index in [1.54, 1.807) is 11.3 Å². The lowest BCUT2D eigenvalue weighted by molar-refractivity contribution is 1.11. The zero-order valence-corrected chi connectivity index (χ0v) is 6.96. The number of hydrogen-bond acceptors (Lipinski definition) is 4. The van der Waals surface area contributed by atoms with Crippen molar-refractivity contribution in [2.24, 2.45) is 5.84 Å². The average molecular weight is 157 g/mol. The highest BCUT2D eigenvalue weighted by molar-refractivity contribution is 7.15. The molecule has 1 aromatic rings. The van der Waals surface area contributed by atoms with Crippen LogP contribution >= 0.6 is 11.3 Å². The number of anilines is 1. The van der Waals surface area contributed by atoms with Gasteiger partial charge in [0.05, 0.1) is 5.69 Å². The summed E-state index contributed by atoms with van der Waals surface area (Å²) in [5, 5.41) is 0.800. The van der Waals surface area contributed by atoms with Crippen molar-refractivity contribution in [1.29, 1.82) is 0 Å². The van der Waals surface area contributed by atoms with Gasteiger partial charge in [0.15, 0.2) is 5.13 Å². The second kappa shape index (κ2) is 2.98. The van der Waals surface area contributed by atoms with Gasteiger partial charge in [-0.05, 0) is 13.3 Å². The molecule has 4 heteroatoms. The van der Waals surface area contributed by atoms with Crippen LogP contribution in [0.25, 0.3) is 0 Å². The maximum absolute atomic E-state index is 5.18. The van der Waals surface area contributed by atoms with Crippen molar-refractivity contribution in [3.8, 4) is 0 Å². The Morgan fingerprint density at radius 1 is 1.70 bits per heavy atom. The lowest BCUT2D eigenvalue weighted by atomic mass is 10.3. The molecule has 56 valence electrons. The van der Waals surface area contributed by atoms with E-state index >= 15 is 0 Å². The van der Waals surface area contributed by atoms with Crippen LogP contribution in [0, 0.1) is 6.92 Å². The predicted octanol–water partition coefficient (Wildman–Crippen LogP) is 1.30. The summed E-state index contributed by atoms with van der Waals surface area (Å²) in [4.78, 5) is 5.48. The van der Waals surface area contributed by atoms with E-state index in [-0.39, 0.29) is 0 Å². The zero-order valence-electron chi connectivity index (χ0n) is 6.14. The minimum atomic E-state index is 0.800. The first-order valence-electron chi connectivity index (χ1n) is 3.20. The van der Waals surface area contributed by atoms with Crippen LogP contribution in [0.15, 0.2) is 0 Å². The van der Waals surface area contributed by atoms with Gasteiger partial charge >= 0.3 is 0 Å². The Bertz CT molecular complexity index is 219. The summed E-state index contributed by atoms with van der Waals surface area (Å²) in [5.41, 5.74) is 3.61. The maximum Gasteiger partial charge on any atom is 0.197 e. The van der Waals surface area contributed by atoms with Crippen molar-refractivity contribution < 1.29 is 0 Å². The third kappa shape index (κ3) is 1.27. The van der Waals surface area contributed by atoms with Crippen LogP contribution in [0.2, 0.25) is 0 Å². The van der Waals surface area contributed by atoms with E-state index in [0.717, 1.165) is 17.2 Å². The van der Waals surface area contributed by atoms with Crippen LogP contribution in [0.1, 0.15) is 17.5 Å². The molecule has 0 amide bonds. The highest BCUT2D eigenvalue weighted by Crippen LogP contribution is 2.21. The first kappa shape index (κ1) is 7.50. The molecular formula is C6H11N3S. The lowest BCUT2D eigenvalue weighted by Crippen LogP contribution is -2.05. The standard InChI is InChI=1S/C6H11N3S/c1-3-5-4(2)8-6(9-7)10-5/h3,7H2,1-2H3,(H,8,9). The van der Waals surface area contributed by atoms with E-state index in [4.69, 9.17) is 5.84 Å². The average Bonchev–Trinajstić information content (AvgIpc) is 2.30. The highest BCUT2D eigenvalue weighted by atomic mass is 32.1. The van der Waals surface area contributed by atoms with E-state index in [1.165, 1.54) is 4.88 Å². The van der Waals surface area contributed by atoms with Gasteiger partial charge in [0.25, 0.3) is 0 Å². The zero-order chi connectivity index (χ0) is 7.56. The third-order valence-electron chi connectivity index (χ3n) is 1.34. The molecule has 0 aliphatic carbocycles. The molecule has 0 aliphatic rings. The molecule has 0 saturated heterocycles. The minimum Gasteiger partial charge on any atom is -0.300 e. The molecule has 0 atom stereocenters. The van der Waals surface area contributed by atoms with Crippen molar-refractivity contribution in [2.75, 3.05) is 5.43 Å². The second-order valence-corrected chi connectivity index (χ2v) is 3.11. The number of nitrogens with zero attached hydrogens (tertiary/aromatic N) is 1. The van der Waals surface area contributed by atoms with Crippen molar-refractivity contribution in [1.82, 2.24) is 4.98 Å². The molecular weight excluding hydrogens is 146 g/mol. The molecule has 1 rings (SSSR count). The van der Waals surface area contributed by atoms with Crippen molar-refractivity contribution in [3.63, 3.8) is 0 Å². The first-order chi connectivity index (χ1) is 4.77. The fourth-order valence-electron chi connectivity index (χ4n) is 0.818. The molecule has 0 fully saturated rings. The molecule has 0 bridgehead atoms. The molecule has 1 aromatic heterocycles. The largest absolute Gasteiger partial charge is 0.300 e. The van der Waals surface area contributed by atoms with Gasteiger partial charge in [-0.25, -0.2) is 10.8 Å². The van der Waals surface area contributed by atoms with Gasteiger partial charge < -0.3 is 0 Å². The maximum atomic E-state index is 5.18. The van der Waals surface area contributed by atoms with E-state index in [9.17, 15) is 0 Å². The Labute approximate surface area is 64.2 Å². The molecule has 0 unspecified atom stereocenters. The molecule has 3 N–H and O–H groups in total. The Kier molecular flexibility index (Phi) is 2.24. The van der Waals surface area contributed by atoms with Crippen molar-refractivity contribution >= 4 is 16.5 Å². The van der Waals surface area contributed by atoms with E-state index in [1.807, 2.05) is 6.92 Å². The van der Waals surface area contributed by atoms with E-state index in [2.05, 4.69) is 17.3 Å². The van der Waals surface area contributed by atoms with Crippen molar-refractivity contribution in [2.45, 2.75) is 20.3 Å². The monoisotopic (exact) mass is 157 g/mol. The normalized spacial score (nSPS) is 9.90. The molecule has 0 aliphatic heterocycles. The van der Waals surface area contributed by atoms with Crippen LogP contribution in [-0.2, 0) is 6.42 Å². The summed E-state index contributed by atoms with van der Waals surface area (Å²) in [6.45, 7) is 4.11. The number of aryl methyl sites for hydroxylation is 2. The van der Waals surface area contributed by atoms with Crippen LogP contribution < -0.4 is 11.3 Å². The lowest BCUT2D eigenvalue weighted by Gasteiger charge is -1.86. The van der Waals surface area contributed by atoms with E-state index in [0.29, 0.717) is 0 Å². The van der Waals surface area contributed by atoms with Gasteiger partial charge in [-0.2, -0.15) is 0 Å². The summed E-state index contributed by atoms with van der Waals surface area (Å²) < 4.78 is 0. The topological polar surface area (TPSA) is 50.9 Å². The number of nitrogens with two attached hydrogens (primary N) is 1. The van der Waals surface area contributed by atoms with Crippen LogP contribution in [0.4, 0.5) is 5.13 Å². The number of hydrazine groups is 1. The highest BCUT2D eigenvalue weighted by Gasteiger charge is 2.02. The summed E-state index contributed by atoms with van der Waals surface area (Å²) in [6, 6.07) is 0. The number of aromatic nitrogens is 1. The van der Waals surface area contributed by atoms with Crippen molar-refractivity contribution in [3.05, 3.63) is 10.6 Å². The summed E-state index contributed by atoms with van der Waals surface area (Å²) in [5.74, 6) is 5.18. The van der Waals surface area contributed by atoms with Gasteiger partial charge in [0, 0.05) is 4.88 Å². The van der Waals surface area contributed by atoms with Gasteiger partial charge in [-0.15, -0.1) is 11.3 Å². The molecule has 1 heterocycles. The van der Waals surface area contributed by atoms with Gasteiger partial charge in [-0.1, -0.05) is 6.92 Å².